The first kappa shape index (κ1) is 8.84. The van der Waals surface area contributed by atoms with E-state index in [1.165, 1.54) is 0 Å². The number of rotatable bonds is 1. The average molecular weight is 115 g/mol. The van der Waals surface area contributed by atoms with E-state index in [2.05, 4.69) is 0 Å². The van der Waals surface area contributed by atoms with Gasteiger partial charge in [0.25, 0.3) is 6.41 Å². The summed E-state index contributed by atoms with van der Waals surface area (Å²) in [7, 11) is 0. The van der Waals surface area contributed by atoms with Crippen LogP contribution in [-0.4, -0.2) is 6.41 Å². The summed E-state index contributed by atoms with van der Waals surface area (Å²) in [5.41, 5.74) is 0. The Bertz CT molecular complexity index is 30.6. The van der Waals surface area contributed by atoms with E-state index in [9.17, 15) is 0 Å². The standard InChI is InChI=1S/CHNO2.Fe/c3-1-2-4;/h1H;. The van der Waals surface area contributed by atoms with E-state index < -0.39 is 0 Å². The van der Waals surface area contributed by atoms with Crippen LogP contribution in [0.2, 0.25) is 0 Å². The van der Waals surface area contributed by atoms with E-state index in [0.29, 0.717) is 0 Å². The second kappa shape index (κ2) is 9.21. The van der Waals surface area contributed by atoms with Crippen LogP contribution in [0.1, 0.15) is 0 Å². The predicted molar refractivity (Wildman–Crippen MR) is 11.9 cm³/mol. The van der Waals surface area contributed by atoms with Crippen LogP contribution in [0.3, 0.4) is 0 Å². The summed E-state index contributed by atoms with van der Waals surface area (Å²) in [6, 6.07) is 0. The first-order chi connectivity index (χ1) is 1.91. The van der Waals surface area contributed by atoms with Gasteiger partial charge < -0.3 is 0 Å². The Morgan fingerprint density at radius 2 is 1.80 bits per heavy atom. The van der Waals surface area contributed by atoms with E-state index in [0.717, 1.165) is 0 Å². The van der Waals surface area contributed by atoms with E-state index in [1.54, 1.807) is 5.18 Å². The van der Waals surface area contributed by atoms with E-state index in [-0.39, 0.29) is 23.5 Å². The molecular formula is CHFeNO2. The zero-order chi connectivity index (χ0) is 3.41. The van der Waals surface area contributed by atoms with Gasteiger partial charge in [0.1, 0.15) is 0 Å². The van der Waals surface area contributed by atoms with Crippen LogP contribution in [-0.2, 0) is 21.9 Å². The third-order valence-corrected chi connectivity index (χ3v) is 0.0430. The molecule has 0 aliphatic heterocycles. The molecule has 0 aromatic carbocycles. The summed E-state index contributed by atoms with van der Waals surface area (Å²) in [6.45, 7) is 0. The normalized spacial score (nSPS) is 4.00. The molecule has 0 unspecified atom stereocenters. The van der Waals surface area contributed by atoms with Crippen molar-refractivity contribution in [3.63, 3.8) is 0 Å². The minimum atomic E-state index is -0.0556. The van der Waals surface area contributed by atoms with Crippen molar-refractivity contribution in [3.05, 3.63) is 4.91 Å². The molecule has 0 radical (unpaired) electrons. The van der Waals surface area contributed by atoms with Crippen molar-refractivity contribution in [2.24, 2.45) is 5.18 Å². The number of nitroso groups, excluding NO2 is 1. The summed E-state index contributed by atoms with van der Waals surface area (Å²) < 4.78 is 0. The molecule has 0 heterocycles. The molecule has 4 heteroatoms. The topological polar surface area (TPSA) is 46.5 Å². The fourth-order valence-electron chi connectivity index (χ4n) is 0. The van der Waals surface area contributed by atoms with Crippen molar-refractivity contribution in [2.75, 3.05) is 0 Å². The zero-order valence-electron chi connectivity index (χ0n) is 2.19. The molecule has 30 valence electrons. The van der Waals surface area contributed by atoms with Crippen molar-refractivity contribution in [2.45, 2.75) is 0 Å². The smallest absolute Gasteiger partial charge is 0.273 e. The molecule has 0 aliphatic carbocycles. The van der Waals surface area contributed by atoms with Crippen LogP contribution in [0.4, 0.5) is 0 Å². The Morgan fingerprint density at radius 3 is 1.80 bits per heavy atom. The minimum absolute atomic E-state index is 0. The number of amides is 1. The summed E-state index contributed by atoms with van der Waals surface area (Å²) in [5.74, 6) is 0. The largest absolute Gasteiger partial charge is 0.274 e. The van der Waals surface area contributed by atoms with E-state index in [1.807, 2.05) is 0 Å². The molecule has 0 bridgehead atoms. The van der Waals surface area contributed by atoms with Gasteiger partial charge in [-0.25, -0.2) is 0 Å². The molecule has 0 aliphatic rings. The molecule has 1 amide bonds. The maximum Gasteiger partial charge on any atom is 0.274 e. The van der Waals surface area contributed by atoms with Gasteiger partial charge in [-0.15, -0.1) is 4.91 Å². The fraction of sp³-hybridized carbons (Fsp3) is 0. The number of carbonyl (C=O) groups excluding carboxylic acids is 1. The summed E-state index contributed by atoms with van der Waals surface area (Å²) in [6.07, 6.45) is -0.0556. The average Bonchev–Trinajstić information content (AvgIpc) is 1.37. The summed E-state index contributed by atoms with van der Waals surface area (Å²) in [5, 5.41) is 1.81. The second-order valence-corrected chi connectivity index (χ2v) is 0.211. The molecule has 0 atom stereocenters. The van der Waals surface area contributed by atoms with Crippen LogP contribution in [0.5, 0.6) is 0 Å². The first-order valence-electron chi connectivity index (χ1n) is 0.676. The summed E-state index contributed by atoms with van der Waals surface area (Å²) in [4.78, 5) is 17.2. The second-order valence-electron chi connectivity index (χ2n) is 0.211. The number of hydrogen-bond acceptors (Lipinski definition) is 2. The molecule has 0 aromatic heterocycles. The van der Waals surface area contributed by atoms with Gasteiger partial charge in [-0.1, -0.05) is 0 Å². The predicted octanol–water partition coefficient (Wildman–Crippen LogP) is -0.0933. The number of hydrogen-bond donors (Lipinski definition) is 0. The minimum Gasteiger partial charge on any atom is -0.273 e. The van der Waals surface area contributed by atoms with Gasteiger partial charge >= 0.3 is 0 Å². The van der Waals surface area contributed by atoms with Gasteiger partial charge in [0.05, 0.1) is 0 Å². The molecule has 0 N–H and O–H groups in total. The van der Waals surface area contributed by atoms with E-state index >= 15 is 0 Å². The van der Waals surface area contributed by atoms with Gasteiger partial charge in [-0.05, 0) is 0 Å². The van der Waals surface area contributed by atoms with Gasteiger partial charge in [-0.3, -0.25) is 4.79 Å². The van der Waals surface area contributed by atoms with Crippen molar-refractivity contribution >= 4 is 6.41 Å². The molecule has 0 fully saturated rings. The molecule has 5 heavy (non-hydrogen) atoms. The van der Waals surface area contributed by atoms with Crippen LogP contribution in [0.15, 0.2) is 5.18 Å². The third kappa shape index (κ3) is 19.5. The first-order valence-corrected chi connectivity index (χ1v) is 0.676. The molecule has 3 nitrogen and oxygen atoms in total. The Morgan fingerprint density at radius 1 is 1.60 bits per heavy atom. The quantitative estimate of drug-likeness (QED) is 0.272. The van der Waals surface area contributed by atoms with Gasteiger partial charge in [0.2, 0.25) is 0 Å². The Labute approximate surface area is 39.2 Å². The van der Waals surface area contributed by atoms with Crippen molar-refractivity contribution < 1.29 is 21.9 Å². The summed E-state index contributed by atoms with van der Waals surface area (Å²) >= 11 is 0. The molecule has 0 spiro atoms. The monoisotopic (exact) mass is 115 g/mol. The van der Waals surface area contributed by atoms with E-state index in [4.69, 9.17) is 9.70 Å². The van der Waals surface area contributed by atoms with Crippen LogP contribution >= 0.6 is 0 Å². The van der Waals surface area contributed by atoms with Crippen LogP contribution in [0.25, 0.3) is 0 Å². The number of carbonyl (C=O) groups is 1. The Balaban J connectivity index is 0. The maximum absolute atomic E-state index is 8.69. The Kier molecular flexibility index (Phi) is 16.3. The van der Waals surface area contributed by atoms with Crippen molar-refractivity contribution in [1.82, 2.24) is 0 Å². The van der Waals surface area contributed by atoms with Crippen LogP contribution in [0, 0.1) is 4.91 Å². The van der Waals surface area contributed by atoms with Gasteiger partial charge in [0, 0.05) is 22.2 Å². The zero-order valence-corrected chi connectivity index (χ0v) is 3.30. The molecular weight excluding hydrogens is 114 g/mol. The van der Waals surface area contributed by atoms with Gasteiger partial charge in [-0.2, -0.15) is 0 Å². The Hall–Kier alpha value is -0.211. The van der Waals surface area contributed by atoms with Crippen molar-refractivity contribution in [1.29, 1.82) is 0 Å². The third-order valence-electron chi connectivity index (χ3n) is 0.0430. The fourth-order valence-corrected chi connectivity index (χ4v) is 0. The molecule has 0 saturated heterocycles. The maximum atomic E-state index is 8.69. The van der Waals surface area contributed by atoms with Crippen LogP contribution < -0.4 is 0 Å². The molecule has 0 saturated carbocycles. The van der Waals surface area contributed by atoms with Crippen molar-refractivity contribution in [3.8, 4) is 0 Å². The SMILES string of the molecule is O=CN=O.[Fe]. The number of nitrogens with zero attached hydrogens (tertiary/aromatic N) is 1. The molecule has 0 rings (SSSR count). The van der Waals surface area contributed by atoms with Gasteiger partial charge in [0.15, 0.2) is 0 Å². The molecule has 0 aromatic rings.